The van der Waals surface area contributed by atoms with Gasteiger partial charge in [-0.15, -0.1) is 0 Å². The number of rotatable bonds is 4. The molecule has 1 amide bonds. The van der Waals surface area contributed by atoms with Crippen molar-refractivity contribution >= 4 is 23.0 Å². The molecule has 2 rings (SSSR count). The number of fused-ring (bicyclic) bond motifs is 1. The van der Waals surface area contributed by atoms with Crippen molar-refractivity contribution in [1.82, 2.24) is 0 Å². The van der Waals surface area contributed by atoms with Crippen molar-refractivity contribution in [2.75, 3.05) is 16.4 Å². The number of hydrogen-bond donors (Lipinski definition) is 3. The molecular formula is C15H23N3O. The fourth-order valence-corrected chi connectivity index (χ4v) is 2.51. The highest BCUT2D eigenvalue weighted by atomic mass is 16.1. The zero-order chi connectivity index (χ0) is 14.0. The van der Waals surface area contributed by atoms with Gasteiger partial charge >= 0.3 is 0 Å². The maximum atomic E-state index is 11.4. The molecule has 1 aromatic carbocycles. The molecule has 0 spiro atoms. The lowest BCUT2D eigenvalue weighted by Gasteiger charge is -2.25. The lowest BCUT2D eigenvalue weighted by Crippen LogP contribution is -2.26. The Bertz CT molecular complexity index is 483. The van der Waals surface area contributed by atoms with Gasteiger partial charge in [0.25, 0.3) is 0 Å². The van der Waals surface area contributed by atoms with Crippen molar-refractivity contribution in [2.24, 2.45) is 5.92 Å². The fourth-order valence-electron chi connectivity index (χ4n) is 2.51. The molecule has 0 aromatic heterocycles. The highest BCUT2D eigenvalue weighted by Crippen LogP contribution is 2.32. The summed E-state index contributed by atoms with van der Waals surface area (Å²) in [4.78, 5) is 11.4. The summed E-state index contributed by atoms with van der Waals surface area (Å²) in [6.07, 6.45) is 2.36. The van der Waals surface area contributed by atoms with E-state index in [1.165, 1.54) is 0 Å². The minimum Gasteiger partial charge on any atom is -0.397 e. The molecule has 0 aliphatic carbocycles. The molecule has 0 radical (unpaired) electrons. The molecule has 1 unspecified atom stereocenters. The molecule has 1 aliphatic heterocycles. The number of carbonyl (C=O) groups is 1. The second-order valence-electron chi connectivity index (χ2n) is 5.55. The van der Waals surface area contributed by atoms with E-state index in [2.05, 4.69) is 31.4 Å². The van der Waals surface area contributed by atoms with Crippen molar-refractivity contribution in [2.45, 2.75) is 46.1 Å². The van der Waals surface area contributed by atoms with Crippen LogP contribution in [0, 0.1) is 5.92 Å². The maximum absolute atomic E-state index is 11.4. The number of amides is 1. The summed E-state index contributed by atoms with van der Waals surface area (Å²) in [5.41, 5.74) is 9.80. The molecule has 104 valence electrons. The van der Waals surface area contributed by atoms with Crippen LogP contribution in [0.5, 0.6) is 0 Å². The van der Waals surface area contributed by atoms with Gasteiger partial charge < -0.3 is 16.4 Å². The van der Waals surface area contributed by atoms with Crippen LogP contribution in [-0.4, -0.2) is 11.9 Å². The molecular weight excluding hydrogens is 238 g/mol. The van der Waals surface area contributed by atoms with Gasteiger partial charge in [-0.05, 0) is 36.5 Å². The number of anilines is 3. The standard InChI is InChI=1S/C15H23N3O/c1-4-12(9(2)3)17-14-8-13-10(7-11(14)16)5-6-15(19)18-13/h7-9,12,17H,4-6,16H2,1-3H3,(H,18,19). The topological polar surface area (TPSA) is 67.1 Å². The number of nitrogens with one attached hydrogen (secondary N) is 2. The molecule has 4 nitrogen and oxygen atoms in total. The van der Waals surface area contributed by atoms with Crippen LogP contribution in [-0.2, 0) is 11.2 Å². The first-order chi connectivity index (χ1) is 9.01. The van der Waals surface area contributed by atoms with Crippen LogP contribution in [0.4, 0.5) is 17.1 Å². The third-order valence-electron chi connectivity index (χ3n) is 3.76. The Morgan fingerprint density at radius 3 is 2.74 bits per heavy atom. The Balaban J connectivity index is 2.26. The molecule has 1 aromatic rings. The third kappa shape index (κ3) is 3.00. The van der Waals surface area contributed by atoms with E-state index in [0.717, 1.165) is 35.5 Å². The van der Waals surface area contributed by atoms with Gasteiger partial charge in [-0.2, -0.15) is 0 Å². The van der Waals surface area contributed by atoms with E-state index in [9.17, 15) is 4.79 Å². The van der Waals surface area contributed by atoms with E-state index in [4.69, 9.17) is 5.73 Å². The zero-order valence-corrected chi connectivity index (χ0v) is 11.9. The molecule has 0 fully saturated rings. The van der Waals surface area contributed by atoms with Gasteiger partial charge in [0, 0.05) is 18.2 Å². The highest BCUT2D eigenvalue weighted by Gasteiger charge is 2.18. The molecule has 4 N–H and O–H groups in total. The first-order valence-corrected chi connectivity index (χ1v) is 7.00. The van der Waals surface area contributed by atoms with Crippen molar-refractivity contribution in [3.8, 4) is 0 Å². The number of benzene rings is 1. The van der Waals surface area contributed by atoms with E-state index in [0.29, 0.717) is 18.4 Å². The van der Waals surface area contributed by atoms with E-state index in [1.807, 2.05) is 12.1 Å². The number of nitrogens with two attached hydrogens (primary N) is 1. The van der Waals surface area contributed by atoms with Gasteiger partial charge in [0.2, 0.25) is 5.91 Å². The quantitative estimate of drug-likeness (QED) is 0.730. The summed E-state index contributed by atoms with van der Waals surface area (Å²) < 4.78 is 0. The molecule has 1 heterocycles. The molecule has 4 heteroatoms. The molecule has 1 atom stereocenters. The minimum absolute atomic E-state index is 0.0825. The summed E-state index contributed by atoms with van der Waals surface area (Å²) in [6.45, 7) is 6.54. The van der Waals surface area contributed by atoms with Crippen molar-refractivity contribution in [3.05, 3.63) is 17.7 Å². The summed E-state index contributed by atoms with van der Waals surface area (Å²) in [6, 6.07) is 4.33. The average Bonchev–Trinajstić information content (AvgIpc) is 2.36. The Hall–Kier alpha value is -1.71. The normalized spacial score (nSPS) is 15.9. The van der Waals surface area contributed by atoms with Crippen molar-refractivity contribution < 1.29 is 4.79 Å². The number of carbonyl (C=O) groups excluding carboxylic acids is 1. The Kier molecular flexibility index (Phi) is 3.98. The molecule has 1 aliphatic rings. The summed E-state index contributed by atoms with van der Waals surface area (Å²) >= 11 is 0. The Labute approximate surface area is 114 Å². The fraction of sp³-hybridized carbons (Fsp3) is 0.533. The summed E-state index contributed by atoms with van der Waals surface area (Å²) in [5.74, 6) is 0.620. The van der Waals surface area contributed by atoms with Gasteiger partial charge in [0.15, 0.2) is 0 Å². The van der Waals surface area contributed by atoms with E-state index in [1.54, 1.807) is 0 Å². The van der Waals surface area contributed by atoms with Crippen molar-refractivity contribution in [1.29, 1.82) is 0 Å². The van der Waals surface area contributed by atoms with Crippen LogP contribution in [0.15, 0.2) is 12.1 Å². The van der Waals surface area contributed by atoms with Crippen LogP contribution in [0.2, 0.25) is 0 Å². The van der Waals surface area contributed by atoms with Gasteiger partial charge in [0.1, 0.15) is 0 Å². The second kappa shape index (κ2) is 5.51. The molecule has 0 bridgehead atoms. The second-order valence-corrected chi connectivity index (χ2v) is 5.55. The predicted octanol–water partition coefficient (Wildman–Crippen LogP) is 3.00. The lowest BCUT2D eigenvalue weighted by atomic mass is 9.99. The van der Waals surface area contributed by atoms with Crippen LogP contribution >= 0.6 is 0 Å². The van der Waals surface area contributed by atoms with Crippen LogP contribution in [0.1, 0.15) is 39.2 Å². The van der Waals surface area contributed by atoms with E-state index < -0.39 is 0 Å². The van der Waals surface area contributed by atoms with Crippen molar-refractivity contribution in [3.63, 3.8) is 0 Å². The van der Waals surface area contributed by atoms with Crippen LogP contribution < -0.4 is 16.4 Å². The molecule has 0 saturated heterocycles. The smallest absolute Gasteiger partial charge is 0.224 e. The summed E-state index contributed by atoms with van der Waals surface area (Å²) in [7, 11) is 0. The predicted molar refractivity (Wildman–Crippen MR) is 80.3 cm³/mol. The minimum atomic E-state index is 0.0825. The monoisotopic (exact) mass is 261 g/mol. The number of hydrogen-bond acceptors (Lipinski definition) is 3. The van der Waals surface area contributed by atoms with Crippen LogP contribution in [0.3, 0.4) is 0 Å². The molecule has 0 saturated carbocycles. The first kappa shape index (κ1) is 13.7. The van der Waals surface area contributed by atoms with E-state index in [-0.39, 0.29) is 5.91 Å². The SMILES string of the molecule is CCC(Nc1cc2c(cc1N)CCC(=O)N2)C(C)C. The molecule has 19 heavy (non-hydrogen) atoms. The Morgan fingerprint density at radius 2 is 2.11 bits per heavy atom. The average molecular weight is 261 g/mol. The van der Waals surface area contributed by atoms with Gasteiger partial charge in [-0.1, -0.05) is 20.8 Å². The largest absolute Gasteiger partial charge is 0.397 e. The highest BCUT2D eigenvalue weighted by molar-refractivity contribution is 5.95. The third-order valence-corrected chi connectivity index (χ3v) is 3.76. The van der Waals surface area contributed by atoms with E-state index >= 15 is 0 Å². The number of aryl methyl sites for hydroxylation is 1. The first-order valence-electron chi connectivity index (χ1n) is 7.00. The zero-order valence-electron chi connectivity index (χ0n) is 11.9. The lowest BCUT2D eigenvalue weighted by molar-refractivity contribution is -0.116. The van der Waals surface area contributed by atoms with Crippen LogP contribution in [0.25, 0.3) is 0 Å². The summed E-state index contributed by atoms with van der Waals surface area (Å²) in [5, 5.41) is 6.40. The Morgan fingerprint density at radius 1 is 1.37 bits per heavy atom. The van der Waals surface area contributed by atoms with Gasteiger partial charge in [0.05, 0.1) is 11.4 Å². The van der Waals surface area contributed by atoms with Gasteiger partial charge in [-0.3, -0.25) is 4.79 Å². The number of nitrogen functional groups attached to an aromatic ring is 1. The maximum Gasteiger partial charge on any atom is 0.224 e. The van der Waals surface area contributed by atoms with Gasteiger partial charge in [-0.25, -0.2) is 0 Å².